The molecule has 1 aliphatic rings. The summed E-state index contributed by atoms with van der Waals surface area (Å²) >= 11 is 0. The van der Waals surface area contributed by atoms with E-state index in [-0.39, 0.29) is 6.04 Å². The van der Waals surface area contributed by atoms with Crippen LogP contribution in [0.15, 0.2) is 24.3 Å². The van der Waals surface area contributed by atoms with Crippen LogP contribution in [0.3, 0.4) is 0 Å². The lowest BCUT2D eigenvalue weighted by Gasteiger charge is -2.06. The van der Waals surface area contributed by atoms with Crippen LogP contribution in [0.25, 0.3) is 0 Å². The molecule has 1 aliphatic carbocycles. The standard InChI is InChI=1S/C12H14N2O3/c1-17-10-6-4-9(5-7-10)14-12(16)11(15)13-8-2-3-8/h4-8H,2-3H2,1H3,(H,13,15)(H,14,16). The summed E-state index contributed by atoms with van der Waals surface area (Å²) in [6.45, 7) is 0. The smallest absolute Gasteiger partial charge is 0.313 e. The minimum absolute atomic E-state index is 0.184. The molecule has 2 N–H and O–H groups in total. The van der Waals surface area contributed by atoms with Crippen LogP contribution in [-0.4, -0.2) is 25.0 Å². The number of anilines is 1. The molecule has 0 spiro atoms. The Labute approximate surface area is 99.2 Å². The van der Waals surface area contributed by atoms with Gasteiger partial charge in [0.2, 0.25) is 0 Å². The van der Waals surface area contributed by atoms with Crippen molar-refractivity contribution < 1.29 is 14.3 Å². The van der Waals surface area contributed by atoms with Crippen molar-refractivity contribution >= 4 is 17.5 Å². The fraction of sp³-hybridized carbons (Fsp3) is 0.333. The minimum atomic E-state index is -0.637. The molecule has 0 radical (unpaired) electrons. The molecule has 1 saturated carbocycles. The highest BCUT2D eigenvalue weighted by molar-refractivity contribution is 6.39. The maximum atomic E-state index is 11.5. The first-order chi connectivity index (χ1) is 8.19. The van der Waals surface area contributed by atoms with E-state index < -0.39 is 11.8 Å². The molecule has 5 heteroatoms. The molecule has 0 unspecified atom stereocenters. The van der Waals surface area contributed by atoms with Crippen molar-refractivity contribution in [2.45, 2.75) is 18.9 Å². The Kier molecular flexibility index (Phi) is 3.27. The van der Waals surface area contributed by atoms with Crippen molar-refractivity contribution in [3.63, 3.8) is 0 Å². The van der Waals surface area contributed by atoms with E-state index in [0.717, 1.165) is 12.8 Å². The summed E-state index contributed by atoms with van der Waals surface area (Å²) in [7, 11) is 1.57. The first kappa shape index (κ1) is 11.4. The highest BCUT2D eigenvalue weighted by Crippen LogP contribution is 2.18. The minimum Gasteiger partial charge on any atom is -0.497 e. The number of carbonyl (C=O) groups is 2. The van der Waals surface area contributed by atoms with E-state index in [2.05, 4.69) is 10.6 Å². The molecular formula is C12H14N2O3. The molecule has 2 amide bonds. The van der Waals surface area contributed by atoms with Crippen molar-refractivity contribution in [2.24, 2.45) is 0 Å². The topological polar surface area (TPSA) is 67.4 Å². The Balaban J connectivity index is 1.89. The molecular weight excluding hydrogens is 220 g/mol. The third-order valence-electron chi connectivity index (χ3n) is 2.47. The summed E-state index contributed by atoms with van der Waals surface area (Å²) in [5, 5.41) is 5.14. The van der Waals surface area contributed by atoms with Crippen LogP contribution in [0.1, 0.15) is 12.8 Å². The summed E-state index contributed by atoms with van der Waals surface area (Å²) in [4.78, 5) is 22.8. The van der Waals surface area contributed by atoms with E-state index in [1.807, 2.05) is 0 Å². The van der Waals surface area contributed by atoms with Crippen LogP contribution < -0.4 is 15.4 Å². The number of ether oxygens (including phenoxy) is 1. The molecule has 0 bridgehead atoms. The third-order valence-corrected chi connectivity index (χ3v) is 2.47. The van der Waals surface area contributed by atoms with Gasteiger partial charge in [-0.05, 0) is 37.1 Å². The lowest BCUT2D eigenvalue weighted by molar-refractivity contribution is -0.136. The molecule has 0 atom stereocenters. The average Bonchev–Trinajstić information content (AvgIpc) is 3.14. The molecule has 5 nitrogen and oxygen atoms in total. The number of methoxy groups -OCH3 is 1. The zero-order valence-electron chi connectivity index (χ0n) is 9.53. The van der Waals surface area contributed by atoms with E-state index in [4.69, 9.17) is 4.74 Å². The van der Waals surface area contributed by atoms with Gasteiger partial charge in [-0.1, -0.05) is 0 Å². The van der Waals surface area contributed by atoms with Gasteiger partial charge in [-0.3, -0.25) is 9.59 Å². The SMILES string of the molecule is COc1ccc(NC(=O)C(=O)NC2CC2)cc1. The van der Waals surface area contributed by atoms with E-state index in [9.17, 15) is 9.59 Å². The van der Waals surface area contributed by atoms with Crippen molar-refractivity contribution in [3.05, 3.63) is 24.3 Å². The fourth-order valence-electron chi connectivity index (χ4n) is 1.34. The summed E-state index contributed by atoms with van der Waals surface area (Å²) in [5.74, 6) is -0.518. The number of hydrogen-bond donors (Lipinski definition) is 2. The maximum Gasteiger partial charge on any atom is 0.313 e. The summed E-state index contributed by atoms with van der Waals surface area (Å²) < 4.78 is 4.99. The highest BCUT2D eigenvalue weighted by Gasteiger charge is 2.26. The van der Waals surface area contributed by atoms with E-state index in [0.29, 0.717) is 11.4 Å². The Morgan fingerprint density at radius 3 is 2.35 bits per heavy atom. The zero-order valence-corrected chi connectivity index (χ0v) is 9.53. The summed E-state index contributed by atoms with van der Waals surface area (Å²) in [6, 6.07) is 6.98. The number of rotatable bonds is 3. The number of carbonyl (C=O) groups excluding carboxylic acids is 2. The van der Waals surface area contributed by atoms with Gasteiger partial charge >= 0.3 is 11.8 Å². The third kappa shape index (κ3) is 3.21. The molecule has 1 fully saturated rings. The second-order valence-electron chi connectivity index (χ2n) is 3.93. The van der Waals surface area contributed by atoms with Crippen LogP contribution in [0.2, 0.25) is 0 Å². The second kappa shape index (κ2) is 4.86. The van der Waals surface area contributed by atoms with Crippen molar-refractivity contribution in [2.75, 3.05) is 12.4 Å². The molecule has 1 aromatic carbocycles. The van der Waals surface area contributed by atoms with Gasteiger partial charge < -0.3 is 15.4 Å². The van der Waals surface area contributed by atoms with Crippen LogP contribution in [0.5, 0.6) is 5.75 Å². The van der Waals surface area contributed by atoms with Crippen LogP contribution in [-0.2, 0) is 9.59 Å². The number of amides is 2. The van der Waals surface area contributed by atoms with Crippen molar-refractivity contribution in [1.82, 2.24) is 5.32 Å². The van der Waals surface area contributed by atoms with Gasteiger partial charge in [0.15, 0.2) is 0 Å². The average molecular weight is 234 g/mol. The Bertz CT molecular complexity index is 424. The maximum absolute atomic E-state index is 11.5. The normalized spacial score (nSPS) is 13.9. The molecule has 17 heavy (non-hydrogen) atoms. The fourth-order valence-corrected chi connectivity index (χ4v) is 1.34. The highest BCUT2D eigenvalue weighted by atomic mass is 16.5. The Morgan fingerprint density at radius 2 is 1.82 bits per heavy atom. The predicted molar refractivity (Wildman–Crippen MR) is 62.8 cm³/mol. The second-order valence-corrected chi connectivity index (χ2v) is 3.93. The lowest BCUT2D eigenvalue weighted by Crippen LogP contribution is -2.36. The van der Waals surface area contributed by atoms with Gasteiger partial charge in [-0.2, -0.15) is 0 Å². The molecule has 0 heterocycles. The van der Waals surface area contributed by atoms with Crippen molar-refractivity contribution in [3.8, 4) is 5.75 Å². The largest absolute Gasteiger partial charge is 0.497 e. The summed E-state index contributed by atoms with van der Waals surface area (Å²) in [6.07, 6.45) is 1.92. The van der Waals surface area contributed by atoms with Crippen LogP contribution in [0, 0.1) is 0 Å². The van der Waals surface area contributed by atoms with E-state index >= 15 is 0 Å². The van der Waals surface area contributed by atoms with E-state index in [1.165, 1.54) is 0 Å². The number of nitrogens with one attached hydrogen (secondary N) is 2. The van der Waals surface area contributed by atoms with Crippen LogP contribution >= 0.6 is 0 Å². The molecule has 90 valence electrons. The monoisotopic (exact) mass is 234 g/mol. The molecule has 1 aromatic rings. The molecule has 0 aromatic heterocycles. The number of benzene rings is 1. The molecule has 0 saturated heterocycles. The first-order valence-corrected chi connectivity index (χ1v) is 5.45. The lowest BCUT2D eigenvalue weighted by atomic mass is 10.3. The molecule has 0 aliphatic heterocycles. The zero-order chi connectivity index (χ0) is 12.3. The first-order valence-electron chi connectivity index (χ1n) is 5.45. The van der Waals surface area contributed by atoms with Crippen LogP contribution in [0.4, 0.5) is 5.69 Å². The van der Waals surface area contributed by atoms with Gasteiger partial charge in [0.1, 0.15) is 5.75 Å². The summed E-state index contributed by atoms with van der Waals surface area (Å²) in [5.41, 5.74) is 0.571. The Hall–Kier alpha value is -2.04. The van der Waals surface area contributed by atoms with Gasteiger partial charge in [0.05, 0.1) is 7.11 Å². The van der Waals surface area contributed by atoms with E-state index in [1.54, 1.807) is 31.4 Å². The predicted octanol–water partition coefficient (Wildman–Crippen LogP) is 0.912. The quantitative estimate of drug-likeness (QED) is 0.764. The van der Waals surface area contributed by atoms with Gasteiger partial charge in [-0.15, -0.1) is 0 Å². The van der Waals surface area contributed by atoms with Gasteiger partial charge in [-0.25, -0.2) is 0 Å². The van der Waals surface area contributed by atoms with Gasteiger partial charge in [0.25, 0.3) is 0 Å². The number of hydrogen-bond acceptors (Lipinski definition) is 3. The van der Waals surface area contributed by atoms with Gasteiger partial charge in [0, 0.05) is 11.7 Å². The Morgan fingerprint density at radius 1 is 1.18 bits per heavy atom. The van der Waals surface area contributed by atoms with Crippen molar-refractivity contribution in [1.29, 1.82) is 0 Å². The molecule has 2 rings (SSSR count).